The molecule has 2 heterocycles. The van der Waals surface area contributed by atoms with Gasteiger partial charge in [0.1, 0.15) is 11.8 Å². The van der Waals surface area contributed by atoms with Crippen molar-refractivity contribution >= 4 is 22.0 Å². The van der Waals surface area contributed by atoms with Gasteiger partial charge in [-0.05, 0) is 18.2 Å². The molecule has 0 saturated carbocycles. The van der Waals surface area contributed by atoms with Crippen LogP contribution in [0.5, 0.6) is 0 Å². The van der Waals surface area contributed by atoms with Gasteiger partial charge in [-0.2, -0.15) is 0 Å². The molecule has 4 heteroatoms. The molecule has 0 spiro atoms. The van der Waals surface area contributed by atoms with Crippen LogP contribution < -0.4 is 0 Å². The second-order valence-electron chi connectivity index (χ2n) is 2.73. The summed E-state index contributed by atoms with van der Waals surface area (Å²) < 4.78 is 5.07. The van der Waals surface area contributed by atoms with Crippen molar-refractivity contribution in [3.63, 3.8) is 0 Å². The third-order valence-electron chi connectivity index (χ3n) is 1.99. The van der Waals surface area contributed by atoms with E-state index < -0.39 is 0 Å². The monoisotopic (exact) mass is 171 g/mol. The molecular formula is C9H5N3O. The van der Waals surface area contributed by atoms with Crippen molar-refractivity contribution in [3.8, 4) is 0 Å². The van der Waals surface area contributed by atoms with Crippen molar-refractivity contribution in [3.05, 3.63) is 30.7 Å². The fourth-order valence-corrected chi connectivity index (χ4v) is 1.40. The van der Waals surface area contributed by atoms with Crippen molar-refractivity contribution in [1.82, 2.24) is 15.1 Å². The van der Waals surface area contributed by atoms with E-state index in [1.807, 2.05) is 18.2 Å². The maximum absolute atomic E-state index is 5.07. The van der Waals surface area contributed by atoms with E-state index in [4.69, 9.17) is 4.52 Å². The SMILES string of the molecule is c1cc2c(ccc3ncnc32)on1. The Balaban J connectivity index is 2.65. The Morgan fingerprint density at radius 1 is 1.08 bits per heavy atom. The van der Waals surface area contributed by atoms with Gasteiger partial charge in [0.2, 0.25) is 0 Å². The number of benzene rings is 1. The van der Waals surface area contributed by atoms with E-state index in [9.17, 15) is 0 Å². The minimum atomic E-state index is 0.732. The summed E-state index contributed by atoms with van der Waals surface area (Å²) in [6.07, 6.45) is 3.15. The molecule has 1 aromatic carbocycles. The summed E-state index contributed by atoms with van der Waals surface area (Å²) in [6, 6.07) is 5.59. The zero-order valence-electron chi connectivity index (χ0n) is 6.64. The highest BCUT2D eigenvalue weighted by molar-refractivity contribution is 6.01. The number of hydrogen-bond donors (Lipinski definition) is 0. The van der Waals surface area contributed by atoms with E-state index in [2.05, 4.69) is 15.1 Å². The molecule has 0 unspecified atom stereocenters. The van der Waals surface area contributed by atoms with Crippen molar-refractivity contribution in [1.29, 1.82) is 0 Å². The second kappa shape index (κ2) is 2.26. The van der Waals surface area contributed by atoms with Gasteiger partial charge < -0.3 is 4.52 Å². The van der Waals surface area contributed by atoms with Gasteiger partial charge in [0.25, 0.3) is 0 Å². The van der Waals surface area contributed by atoms with Crippen molar-refractivity contribution in [2.24, 2.45) is 0 Å². The van der Waals surface area contributed by atoms with Gasteiger partial charge in [-0.1, -0.05) is 5.16 Å². The molecule has 0 aliphatic carbocycles. The number of imidazole rings is 1. The van der Waals surface area contributed by atoms with Crippen LogP contribution in [0.15, 0.2) is 35.2 Å². The van der Waals surface area contributed by atoms with Gasteiger partial charge in [-0.25, -0.2) is 9.97 Å². The molecule has 0 saturated heterocycles. The Kier molecular flexibility index (Phi) is 1.14. The maximum atomic E-state index is 5.07. The van der Waals surface area contributed by atoms with Crippen LogP contribution in [0.25, 0.3) is 22.0 Å². The average molecular weight is 171 g/mol. The molecule has 4 nitrogen and oxygen atoms in total. The van der Waals surface area contributed by atoms with E-state index in [0.717, 1.165) is 22.0 Å². The average Bonchev–Trinajstić information content (AvgIpc) is 2.65. The van der Waals surface area contributed by atoms with Crippen LogP contribution >= 0.6 is 0 Å². The van der Waals surface area contributed by atoms with E-state index in [1.54, 1.807) is 12.5 Å². The lowest BCUT2D eigenvalue weighted by atomic mass is 10.2. The quantitative estimate of drug-likeness (QED) is 0.517. The molecule has 3 aromatic rings. The lowest BCUT2D eigenvalue weighted by Gasteiger charge is -1.93. The Hall–Kier alpha value is -1.97. The molecule has 13 heavy (non-hydrogen) atoms. The summed E-state index contributed by atoms with van der Waals surface area (Å²) in [5.41, 5.74) is 2.48. The van der Waals surface area contributed by atoms with Gasteiger partial charge >= 0.3 is 0 Å². The largest absolute Gasteiger partial charge is 0.356 e. The number of fused-ring (bicyclic) bond motifs is 3. The van der Waals surface area contributed by atoms with Crippen molar-refractivity contribution in [2.75, 3.05) is 0 Å². The van der Waals surface area contributed by atoms with Crippen LogP contribution in [-0.2, 0) is 0 Å². The molecule has 62 valence electrons. The predicted molar refractivity (Wildman–Crippen MR) is 47.1 cm³/mol. The number of hydrogen-bond acceptors (Lipinski definition) is 4. The zero-order chi connectivity index (χ0) is 8.67. The second-order valence-corrected chi connectivity index (χ2v) is 2.73. The summed E-state index contributed by atoms with van der Waals surface area (Å²) in [4.78, 5) is 8.24. The summed E-state index contributed by atoms with van der Waals surface area (Å²) >= 11 is 0. The predicted octanol–water partition coefficient (Wildman–Crippen LogP) is 1.77. The topological polar surface area (TPSA) is 51.8 Å². The molecule has 0 aliphatic rings. The Labute approximate surface area is 73.2 Å². The minimum Gasteiger partial charge on any atom is -0.356 e. The van der Waals surface area contributed by atoms with E-state index in [0.29, 0.717) is 0 Å². The fourth-order valence-electron chi connectivity index (χ4n) is 1.40. The Morgan fingerprint density at radius 2 is 2.08 bits per heavy atom. The molecule has 0 radical (unpaired) electrons. The van der Waals surface area contributed by atoms with E-state index in [-0.39, 0.29) is 0 Å². The molecule has 3 rings (SSSR count). The normalized spacial score (nSPS) is 11.1. The Bertz CT molecular complexity index is 573. The van der Waals surface area contributed by atoms with Crippen LogP contribution in [0.4, 0.5) is 0 Å². The summed E-state index contributed by atoms with van der Waals surface area (Å²) in [5, 5.41) is 4.63. The molecule has 0 bridgehead atoms. The lowest BCUT2D eigenvalue weighted by molar-refractivity contribution is 0.442. The summed E-state index contributed by atoms with van der Waals surface area (Å²) in [5.74, 6) is 0. The number of aromatic nitrogens is 3. The van der Waals surface area contributed by atoms with Crippen LogP contribution in [0.1, 0.15) is 0 Å². The minimum absolute atomic E-state index is 0.732. The molecular weight excluding hydrogens is 166 g/mol. The lowest BCUT2D eigenvalue weighted by Crippen LogP contribution is -1.77. The first kappa shape index (κ1) is 6.54. The van der Waals surface area contributed by atoms with Crippen molar-refractivity contribution in [2.45, 2.75) is 0 Å². The Morgan fingerprint density at radius 3 is 3.08 bits per heavy atom. The van der Waals surface area contributed by atoms with Gasteiger partial charge in [0, 0.05) is 5.39 Å². The van der Waals surface area contributed by atoms with Crippen molar-refractivity contribution < 1.29 is 4.52 Å². The number of nitrogens with zero attached hydrogens (tertiary/aromatic N) is 3. The highest BCUT2D eigenvalue weighted by Crippen LogP contribution is 2.20. The van der Waals surface area contributed by atoms with Crippen LogP contribution in [0.2, 0.25) is 0 Å². The van der Waals surface area contributed by atoms with E-state index >= 15 is 0 Å². The summed E-state index contributed by atoms with van der Waals surface area (Å²) in [6.45, 7) is 0. The first-order valence-corrected chi connectivity index (χ1v) is 3.89. The molecule has 0 fully saturated rings. The molecule has 0 amide bonds. The van der Waals surface area contributed by atoms with Gasteiger partial charge in [0.05, 0.1) is 11.7 Å². The first-order chi connectivity index (χ1) is 6.45. The van der Waals surface area contributed by atoms with Gasteiger partial charge in [-0.3, -0.25) is 0 Å². The van der Waals surface area contributed by atoms with Crippen LogP contribution in [-0.4, -0.2) is 15.1 Å². The van der Waals surface area contributed by atoms with E-state index in [1.165, 1.54) is 0 Å². The fraction of sp³-hybridized carbons (Fsp3) is 0. The molecule has 0 aliphatic heterocycles. The highest BCUT2D eigenvalue weighted by atomic mass is 16.5. The van der Waals surface area contributed by atoms with Crippen LogP contribution in [0.3, 0.4) is 0 Å². The third-order valence-corrected chi connectivity index (χ3v) is 1.99. The smallest absolute Gasteiger partial charge is 0.167 e. The number of rotatable bonds is 0. The summed E-state index contributed by atoms with van der Waals surface area (Å²) in [7, 11) is 0. The van der Waals surface area contributed by atoms with Gasteiger partial charge in [-0.15, -0.1) is 0 Å². The maximum Gasteiger partial charge on any atom is 0.167 e. The molecule has 0 N–H and O–H groups in total. The molecule has 2 aromatic heterocycles. The third kappa shape index (κ3) is 0.823. The zero-order valence-corrected chi connectivity index (χ0v) is 6.64. The van der Waals surface area contributed by atoms with Crippen LogP contribution in [0, 0.1) is 0 Å². The standard InChI is InChI=1S/C9H5N3O/c1-2-8-6(3-4-12-13-8)9-7(1)10-5-11-9/h1-5H. The first-order valence-electron chi connectivity index (χ1n) is 3.89. The van der Waals surface area contributed by atoms with Gasteiger partial charge in [0.15, 0.2) is 5.58 Å². The molecule has 0 atom stereocenters. The highest BCUT2D eigenvalue weighted by Gasteiger charge is 2.03.